The molecule has 0 aliphatic heterocycles. The van der Waals surface area contributed by atoms with Crippen LogP contribution >= 0.6 is 23.2 Å². The first-order valence-corrected chi connectivity index (χ1v) is 4.07. The number of allylic oxidation sites excluding steroid dienone is 1. The van der Waals surface area contributed by atoms with Crippen molar-refractivity contribution >= 4 is 28.2 Å². The minimum absolute atomic E-state index is 0.711. The van der Waals surface area contributed by atoms with Crippen molar-refractivity contribution < 1.29 is 0 Å². The molecule has 0 radical (unpaired) electrons. The minimum Gasteiger partial charge on any atom is -0.0843 e. The Kier molecular flexibility index (Phi) is 2.98. The van der Waals surface area contributed by atoms with Crippen LogP contribution in [0.2, 0.25) is 5.02 Å². The van der Waals surface area contributed by atoms with Gasteiger partial charge in [-0.3, -0.25) is 0 Å². The third-order valence-corrected chi connectivity index (χ3v) is 2.03. The molecule has 0 heterocycles. The van der Waals surface area contributed by atoms with Crippen molar-refractivity contribution in [3.05, 3.63) is 40.9 Å². The van der Waals surface area contributed by atoms with E-state index < -0.39 is 0 Å². The van der Waals surface area contributed by atoms with Gasteiger partial charge in [0.05, 0.1) is 0 Å². The van der Waals surface area contributed by atoms with E-state index in [-0.39, 0.29) is 0 Å². The quantitative estimate of drug-likeness (QED) is 0.624. The molecule has 0 aliphatic rings. The summed E-state index contributed by atoms with van der Waals surface area (Å²) in [6.45, 7) is 1.89. The minimum atomic E-state index is 0.711. The summed E-state index contributed by atoms with van der Waals surface area (Å²) in [5.74, 6) is 0. The van der Waals surface area contributed by atoms with E-state index >= 15 is 0 Å². The first-order chi connectivity index (χ1) is 5.24. The molecule has 0 atom stereocenters. The van der Waals surface area contributed by atoms with Crippen LogP contribution in [-0.2, 0) is 0 Å². The topological polar surface area (TPSA) is 0 Å². The zero-order valence-electron chi connectivity index (χ0n) is 6.14. The van der Waals surface area contributed by atoms with Crippen molar-refractivity contribution in [3.8, 4) is 0 Å². The molecule has 11 heavy (non-hydrogen) atoms. The highest BCUT2D eigenvalue weighted by Crippen LogP contribution is 2.21. The maximum atomic E-state index is 5.87. The van der Waals surface area contributed by atoms with E-state index in [1.54, 1.807) is 0 Å². The third-order valence-electron chi connectivity index (χ3n) is 1.35. The predicted molar refractivity (Wildman–Crippen MR) is 51.0 cm³/mol. The summed E-state index contributed by atoms with van der Waals surface area (Å²) < 4.78 is 0. The Balaban J connectivity index is 3.06. The number of benzene rings is 1. The molecule has 0 N–H and O–H groups in total. The zero-order chi connectivity index (χ0) is 8.27. The lowest BCUT2D eigenvalue weighted by Gasteiger charge is -1.97. The van der Waals surface area contributed by atoms with Crippen LogP contribution in [0.5, 0.6) is 0 Å². The average molecular weight is 187 g/mol. The predicted octanol–water partition coefficient (Wildman–Crippen LogP) is 3.94. The van der Waals surface area contributed by atoms with E-state index in [4.69, 9.17) is 23.2 Å². The molecule has 0 unspecified atom stereocenters. The SMILES string of the molecule is C/C=C(/Cl)c1cccc(Cl)c1. The molecule has 0 aliphatic carbocycles. The maximum Gasteiger partial charge on any atom is 0.0436 e. The number of rotatable bonds is 1. The third kappa shape index (κ3) is 2.25. The molecule has 2 heteroatoms. The molecule has 0 saturated carbocycles. The van der Waals surface area contributed by atoms with Crippen LogP contribution in [0.25, 0.3) is 5.03 Å². The van der Waals surface area contributed by atoms with E-state index in [1.807, 2.05) is 37.3 Å². The van der Waals surface area contributed by atoms with Crippen molar-refractivity contribution in [2.24, 2.45) is 0 Å². The lowest BCUT2D eigenvalue weighted by Crippen LogP contribution is -1.74. The van der Waals surface area contributed by atoms with Gasteiger partial charge in [0.1, 0.15) is 0 Å². The van der Waals surface area contributed by atoms with Crippen LogP contribution < -0.4 is 0 Å². The molecule has 1 rings (SSSR count). The van der Waals surface area contributed by atoms with Gasteiger partial charge in [-0.05, 0) is 24.6 Å². The fraction of sp³-hybridized carbons (Fsp3) is 0.111. The summed E-state index contributed by atoms with van der Waals surface area (Å²) in [6.07, 6.45) is 1.84. The van der Waals surface area contributed by atoms with Crippen molar-refractivity contribution in [2.75, 3.05) is 0 Å². The summed E-state index contributed by atoms with van der Waals surface area (Å²) in [4.78, 5) is 0. The zero-order valence-corrected chi connectivity index (χ0v) is 7.65. The van der Waals surface area contributed by atoms with Crippen molar-refractivity contribution in [3.63, 3.8) is 0 Å². The van der Waals surface area contributed by atoms with Gasteiger partial charge in [0.25, 0.3) is 0 Å². The first-order valence-electron chi connectivity index (χ1n) is 3.32. The highest BCUT2D eigenvalue weighted by Gasteiger charge is 1.95. The fourth-order valence-electron chi connectivity index (χ4n) is 0.804. The average Bonchev–Trinajstić information content (AvgIpc) is 2.03. The van der Waals surface area contributed by atoms with Gasteiger partial charge in [-0.15, -0.1) is 0 Å². The van der Waals surface area contributed by atoms with Gasteiger partial charge in [0.2, 0.25) is 0 Å². The van der Waals surface area contributed by atoms with Gasteiger partial charge in [0, 0.05) is 10.1 Å². The summed E-state index contributed by atoms with van der Waals surface area (Å²) in [7, 11) is 0. The molecule has 0 spiro atoms. The summed E-state index contributed by atoms with van der Waals surface area (Å²) >= 11 is 11.6. The second kappa shape index (κ2) is 3.80. The molecule has 0 aromatic heterocycles. The monoisotopic (exact) mass is 186 g/mol. The van der Waals surface area contributed by atoms with Crippen LogP contribution in [0.3, 0.4) is 0 Å². The van der Waals surface area contributed by atoms with Crippen LogP contribution in [0.4, 0.5) is 0 Å². The van der Waals surface area contributed by atoms with Crippen LogP contribution in [0.15, 0.2) is 30.3 Å². The Labute approximate surface area is 76.4 Å². The van der Waals surface area contributed by atoms with Crippen LogP contribution in [0, 0.1) is 0 Å². The van der Waals surface area contributed by atoms with E-state index in [0.717, 1.165) is 10.6 Å². The molecule has 0 bridgehead atoms. The molecule has 1 aromatic rings. The van der Waals surface area contributed by atoms with Gasteiger partial charge in [-0.2, -0.15) is 0 Å². The smallest absolute Gasteiger partial charge is 0.0436 e. The number of hydrogen-bond acceptors (Lipinski definition) is 0. The molecule has 0 nitrogen and oxygen atoms in total. The van der Waals surface area contributed by atoms with Crippen molar-refractivity contribution in [1.29, 1.82) is 0 Å². The van der Waals surface area contributed by atoms with E-state index in [9.17, 15) is 0 Å². The Hall–Kier alpha value is -0.460. The maximum absolute atomic E-state index is 5.87. The number of halogens is 2. The highest BCUT2D eigenvalue weighted by atomic mass is 35.5. The van der Waals surface area contributed by atoms with Gasteiger partial charge >= 0.3 is 0 Å². The van der Waals surface area contributed by atoms with Gasteiger partial charge in [-0.1, -0.05) is 41.4 Å². The van der Waals surface area contributed by atoms with Crippen molar-refractivity contribution in [1.82, 2.24) is 0 Å². The Morgan fingerprint density at radius 3 is 2.73 bits per heavy atom. The van der Waals surface area contributed by atoms with Crippen molar-refractivity contribution in [2.45, 2.75) is 6.92 Å². The normalized spacial score (nSPS) is 11.7. The Bertz CT molecular complexity index is 277. The van der Waals surface area contributed by atoms with Gasteiger partial charge < -0.3 is 0 Å². The lowest BCUT2D eigenvalue weighted by atomic mass is 10.2. The van der Waals surface area contributed by atoms with Gasteiger partial charge in [0.15, 0.2) is 0 Å². The molecular weight excluding hydrogens is 179 g/mol. The van der Waals surface area contributed by atoms with E-state index in [2.05, 4.69) is 0 Å². The Morgan fingerprint density at radius 2 is 2.18 bits per heavy atom. The molecule has 1 aromatic carbocycles. The summed E-state index contributed by atoms with van der Waals surface area (Å²) in [5, 5.41) is 1.44. The fourth-order valence-corrected chi connectivity index (χ4v) is 1.11. The van der Waals surface area contributed by atoms with Crippen LogP contribution in [-0.4, -0.2) is 0 Å². The second-order valence-electron chi connectivity index (χ2n) is 2.15. The van der Waals surface area contributed by atoms with E-state index in [0.29, 0.717) is 5.02 Å². The summed E-state index contributed by atoms with van der Waals surface area (Å²) in [6, 6.07) is 7.46. The molecular formula is C9H8Cl2. The Morgan fingerprint density at radius 1 is 1.45 bits per heavy atom. The molecule has 58 valence electrons. The molecule has 0 amide bonds. The first kappa shape index (κ1) is 8.63. The van der Waals surface area contributed by atoms with Gasteiger partial charge in [-0.25, -0.2) is 0 Å². The second-order valence-corrected chi connectivity index (χ2v) is 2.99. The standard InChI is InChI=1S/C9H8Cl2/c1-2-9(11)7-4-3-5-8(10)6-7/h2-6H,1H3/b9-2+. The molecule has 0 fully saturated rings. The largest absolute Gasteiger partial charge is 0.0843 e. The molecule has 0 saturated heterocycles. The number of hydrogen-bond donors (Lipinski definition) is 0. The summed E-state index contributed by atoms with van der Waals surface area (Å²) in [5.41, 5.74) is 0.960. The lowest BCUT2D eigenvalue weighted by molar-refractivity contribution is 1.63. The van der Waals surface area contributed by atoms with Crippen LogP contribution in [0.1, 0.15) is 12.5 Å². The highest BCUT2D eigenvalue weighted by molar-refractivity contribution is 6.48. The van der Waals surface area contributed by atoms with E-state index in [1.165, 1.54) is 0 Å².